The zero-order valence-electron chi connectivity index (χ0n) is 11.3. The number of aliphatic hydroxyl groups is 1. The van der Waals surface area contributed by atoms with Crippen LogP contribution >= 0.6 is 0 Å². The molecule has 0 spiro atoms. The fourth-order valence-corrected chi connectivity index (χ4v) is 2.61. The van der Waals surface area contributed by atoms with Crippen LogP contribution in [0.3, 0.4) is 0 Å². The highest BCUT2D eigenvalue weighted by molar-refractivity contribution is 5.55. The first-order valence-corrected chi connectivity index (χ1v) is 6.81. The summed E-state index contributed by atoms with van der Waals surface area (Å²) >= 11 is 0. The van der Waals surface area contributed by atoms with Gasteiger partial charge in [0.25, 0.3) is 0 Å². The summed E-state index contributed by atoms with van der Waals surface area (Å²) in [5.41, 5.74) is 2.23. The van der Waals surface area contributed by atoms with Gasteiger partial charge in [-0.25, -0.2) is 0 Å². The van der Waals surface area contributed by atoms with Crippen LogP contribution in [-0.4, -0.2) is 31.4 Å². The van der Waals surface area contributed by atoms with E-state index in [0.717, 1.165) is 37.9 Å². The quantitative estimate of drug-likeness (QED) is 0.890. The van der Waals surface area contributed by atoms with Crippen molar-refractivity contribution in [3.8, 4) is 0 Å². The summed E-state index contributed by atoms with van der Waals surface area (Å²) in [7, 11) is 1.79. The average molecular weight is 249 g/mol. The number of benzene rings is 1. The van der Waals surface area contributed by atoms with Crippen molar-refractivity contribution in [3.05, 3.63) is 29.8 Å². The van der Waals surface area contributed by atoms with E-state index < -0.39 is 0 Å². The molecule has 0 amide bonds. The van der Waals surface area contributed by atoms with Gasteiger partial charge in [-0.3, -0.25) is 0 Å². The van der Waals surface area contributed by atoms with Crippen molar-refractivity contribution in [2.45, 2.75) is 38.4 Å². The van der Waals surface area contributed by atoms with Gasteiger partial charge in [0.15, 0.2) is 0 Å². The molecule has 1 aromatic carbocycles. The topological polar surface area (TPSA) is 32.7 Å². The maximum atomic E-state index is 10.1. The molecular formula is C15H23NO2. The van der Waals surface area contributed by atoms with E-state index in [9.17, 15) is 5.11 Å². The van der Waals surface area contributed by atoms with Gasteiger partial charge in [-0.1, -0.05) is 25.1 Å². The van der Waals surface area contributed by atoms with E-state index >= 15 is 0 Å². The van der Waals surface area contributed by atoms with E-state index in [4.69, 9.17) is 4.74 Å². The molecule has 0 aromatic heterocycles. The second kappa shape index (κ2) is 6.21. The van der Waals surface area contributed by atoms with Gasteiger partial charge in [0.1, 0.15) is 0 Å². The van der Waals surface area contributed by atoms with E-state index in [1.54, 1.807) is 7.11 Å². The maximum absolute atomic E-state index is 10.1. The van der Waals surface area contributed by atoms with Crippen LogP contribution in [-0.2, 0) is 4.74 Å². The molecule has 1 aliphatic heterocycles. The number of methoxy groups -OCH3 is 1. The Balaban J connectivity index is 2.13. The van der Waals surface area contributed by atoms with Crippen molar-refractivity contribution in [2.75, 3.05) is 25.1 Å². The van der Waals surface area contributed by atoms with Crippen LogP contribution in [0.15, 0.2) is 24.3 Å². The molecule has 1 atom stereocenters. The predicted octanol–water partition coefficient (Wildman–Crippen LogP) is 2.75. The van der Waals surface area contributed by atoms with Crippen LogP contribution in [0.2, 0.25) is 0 Å². The third-order valence-electron chi connectivity index (χ3n) is 3.80. The number of ether oxygens (including phenoxy) is 1. The van der Waals surface area contributed by atoms with Crippen molar-refractivity contribution >= 4 is 5.69 Å². The summed E-state index contributed by atoms with van der Waals surface area (Å²) in [5.74, 6) is 0. The van der Waals surface area contributed by atoms with E-state index in [-0.39, 0.29) is 6.10 Å². The Morgan fingerprint density at radius 2 is 2.00 bits per heavy atom. The molecule has 3 heteroatoms. The molecule has 0 saturated carbocycles. The number of nitrogens with zero attached hydrogens (tertiary/aromatic N) is 1. The third kappa shape index (κ3) is 2.85. The highest BCUT2D eigenvalue weighted by Gasteiger charge is 2.21. The van der Waals surface area contributed by atoms with Crippen molar-refractivity contribution in [3.63, 3.8) is 0 Å². The third-order valence-corrected chi connectivity index (χ3v) is 3.80. The van der Waals surface area contributed by atoms with Crippen LogP contribution in [0.5, 0.6) is 0 Å². The van der Waals surface area contributed by atoms with Crippen molar-refractivity contribution in [2.24, 2.45) is 0 Å². The van der Waals surface area contributed by atoms with Crippen LogP contribution in [0, 0.1) is 0 Å². The fourth-order valence-electron chi connectivity index (χ4n) is 2.61. The lowest BCUT2D eigenvalue weighted by Crippen LogP contribution is -2.37. The van der Waals surface area contributed by atoms with Crippen LogP contribution in [0.4, 0.5) is 5.69 Å². The first kappa shape index (κ1) is 13.4. The Bertz CT molecular complexity index is 373. The monoisotopic (exact) mass is 249 g/mol. The molecule has 2 rings (SSSR count). The highest BCUT2D eigenvalue weighted by atomic mass is 16.5. The van der Waals surface area contributed by atoms with Gasteiger partial charge in [0.05, 0.1) is 12.2 Å². The van der Waals surface area contributed by atoms with Gasteiger partial charge < -0.3 is 14.7 Å². The fraction of sp³-hybridized carbons (Fsp3) is 0.600. The zero-order valence-corrected chi connectivity index (χ0v) is 11.3. The minimum Gasteiger partial charge on any atom is -0.388 e. The van der Waals surface area contributed by atoms with Crippen molar-refractivity contribution in [1.82, 2.24) is 0 Å². The Kier molecular flexibility index (Phi) is 4.61. The number of rotatable bonds is 4. The molecule has 100 valence electrons. The molecule has 0 bridgehead atoms. The number of para-hydroxylation sites is 1. The molecule has 18 heavy (non-hydrogen) atoms. The molecule has 1 aliphatic rings. The van der Waals surface area contributed by atoms with Gasteiger partial charge in [-0.05, 0) is 25.3 Å². The predicted molar refractivity (Wildman–Crippen MR) is 73.9 cm³/mol. The molecule has 1 aromatic rings. The normalized spacial score (nSPS) is 18.9. The Labute approximate surface area is 109 Å². The molecule has 3 nitrogen and oxygen atoms in total. The lowest BCUT2D eigenvalue weighted by atomic mass is 10.0. The molecule has 1 saturated heterocycles. The number of anilines is 1. The first-order valence-electron chi connectivity index (χ1n) is 6.81. The summed E-state index contributed by atoms with van der Waals surface area (Å²) < 4.78 is 5.40. The number of aliphatic hydroxyl groups excluding tert-OH is 1. The second-order valence-corrected chi connectivity index (χ2v) is 4.90. The lowest BCUT2D eigenvalue weighted by Gasteiger charge is -2.34. The summed E-state index contributed by atoms with van der Waals surface area (Å²) in [6, 6.07) is 8.19. The van der Waals surface area contributed by atoms with Gasteiger partial charge in [-0.2, -0.15) is 0 Å². The molecule has 1 N–H and O–H groups in total. The summed E-state index contributed by atoms with van der Waals surface area (Å²) in [6.45, 7) is 4.02. The smallest absolute Gasteiger partial charge is 0.0807 e. The number of hydrogen-bond acceptors (Lipinski definition) is 3. The Morgan fingerprint density at radius 1 is 1.33 bits per heavy atom. The Morgan fingerprint density at radius 3 is 2.61 bits per heavy atom. The van der Waals surface area contributed by atoms with Crippen molar-refractivity contribution < 1.29 is 9.84 Å². The largest absolute Gasteiger partial charge is 0.388 e. The van der Waals surface area contributed by atoms with Gasteiger partial charge in [0, 0.05) is 31.5 Å². The van der Waals surface area contributed by atoms with Gasteiger partial charge >= 0.3 is 0 Å². The summed E-state index contributed by atoms with van der Waals surface area (Å²) in [4.78, 5) is 2.36. The molecule has 0 radical (unpaired) electrons. The van der Waals surface area contributed by atoms with E-state index in [2.05, 4.69) is 11.0 Å². The van der Waals surface area contributed by atoms with Gasteiger partial charge in [-0.15, -0.1) is 0 Å². The number of piperidine rings is 1. The highest BCUT2D eigenvalue weighted by Crippen LogP contribution is 2.30. The summed E-state index contributed by atoms with van der Waals surface area (Å²) in [5, 5.41) is 10.1. The maximum Gasteiger partial charge on any atom is 0.0807 e. The minimum atomic E-state index is -0.360. The molecule has 1 heterocycles. The van der Waals surface area contributed by atoms with Crippen LogP contribution in [0.25, 0.3) is 0 Å². The summed E-state index contributed by atoms with van der Waals surface area (Å²) in [6.07, 6.45) is 2.91. The lowest BCUT2D eigenvalue weighted by molar-refractivity contribution is 0.0817. The average Bonchev–Trinajstić information content (AvgIpc) is 2.46. The molecule has 1 fully saturated rings. The standard InChI is InChI=1S/C15H23NO2/c1-3-15(17)13-6-4-5-7-14(13)16-10-8-12(18-2)9-11-16/h4-7,12,15,17H,3,8-11H2,1-2H3/t15-/m1/s1. The second-order valence-electron chi connectivity index (χ2n) is 4.90. The minimum absolute atomic E-state index is 0.360. The molecule has 0 unspecified atom stereocenters. The van der Waals surface area contributed by atoms with E-state index in [0.29, 0.717) is 6.10 Å². The SMILES string of the molecule is CC[C@@H](O)c1ccccc1N1CCC(OC)CC1. The molecule has 0 aliphatic carbocycles. The Hall–Kier alpha value is -1.06. The van der Waals surface area contributed by atoms with Gasteiger partial charge in [0.2, 0.25) is 0 Å². The zero-order chi connectivity index (χ0) is 13.0. The van der Waals surface area contributed by atoms with Crippen LogP contribution < -0.4 is 4.90 Å². The van der Waals surface area contributed by atoms with E-state index in [1.165, 1.54) is 5.69 Å². The number of hydrogen-bond donors (Lipinski definition) is 1. The van der Waals surface area contributed by atoms with E-state index in [1.807, 2.05) is 25.1 Å². The molecular weight excluding hydrogens is 226 g/mol. The van der Waals surface area contributed by atoms with Crippen LogP contribution in [0.1, 0.15) is 37.9 Å². The first-order chi connectivity index (χ1) is 8.76. The van der Waals surface area contributed by atoms with Crippen molar-refractivity contribution in [1.29, 1.82) is 0 Å².